The minimum atomic E-state index is -0.486. The van der Waals surface area contributed by atoms with E-state index in [0.717, 1.165) is 0 Å². The SMILES string of the molecule is COC(=O)COc1ccc(/C=C(\C#N)C(=O)Nc2ccccc2)cc1. The van der Waals surface area contributed by atoms with Gasteiger partial charge in [-0.05, 0) is 35.9 Å². The minimum Gasteiger partial charge on any atom is -0.482 e. The van der Waals surface area contributed by atoms with Gasteiger partial charge in [-0.25, -0.2) is 4.79 Å². The number of esters is 1. The summed E-state index contributed by atoms with van der Waals surface area (Å²) in [7, 11) is 1.28. The van der Waals surface area contributed by atoms with Crippen molar-refractivity contribution in [1.29, 1.82) is 5.26 Å². The fourth-order valence-electron chi connectivity index (χ4n) is 1.90. The predicted molar refractivity (Wildman–Crippen MR) is 92.6 cm³/mol. The van der Waals surface area contributed by atoms with Gasteiger partial charge < -0.3 is 14.8 Å². The van der Waals surface area contributed by atoms with Gasteiger partial charge in [0.15, 0.2) is 6.61 Å². The van der Waals surface area contributed by atoms with Gasteiger partial charge in [0.05, 0.1) is 7.11 Å². The molecule has 2 aromatic carbocycles. The number of carbonyl (C=O) groups is 2. The first kappa shape index (κ1) is 17.8. The molecule has 0 bridgehead atoms. The van der Waals surface area contributed by atoms with Crippen molar-refractivity contribution in [2.24, 2.45) is 0 Å². The molecule has 2 aromatic rings. The van der Waals surface area contributed by atoms with Gasteiger partial charge in [0.25, 0.3) is 5.91 Å². The summed E-state index contributed by atoms with van der Waals surface area (Å²) in [6.45, 7) is -0.186. The fraction of sp³-hybridized carbons (Fsp3) is 0.105. The standard InChI is InChI=1S/C19H16N2O4/c1-24-18(22)13-25-17-9-7-14(8-10-17)11-15(12-20)19(23)21-16-5-3-2-4-6-16/h2-11H,13H2,1H3,(H,21,23)/b15-11+. The zero-order valence-electron chi connectivity index (χ0n) is 13.6. The first-order valence-corrected chi connectivity index (χ1v) is 7.40. The summed E-state index contributed by atoms with van der Waals surface area (Å²) < 4.78 is 9.72. The average Bonchev–Trinajstić information content (AvgIpc) is 2.65. The topological polar surface area (TPSA) is 88.4 Å². The Morgan fingerprint density at radius 3 is 2.40 bits per heavy atom. The minimum absolute atomic E-state index is 0.0212. The third-order valence-electron chi connectivity index (χ3n) is 3.17. The zero-order valence-corrected chi connectivity index (χ0v) is 13.6. The first-order chi connectivity index (χ1) is 12.1. The molecule has 6 nitrogen and oxygen atoms in total. The molecule has 0 aromatic heterocycles. The van der Waals surface area contributed by atoms with Gasteiger partial charge in [-0.1, -0.05) is 30.3 Å². The third kappa shape index (κ3) is 5.52. The van der Waals surface area contributed by atoms with E-state index in [2.05, 4.69) is 10.1 Å². The van der Waals surface area contributed by atoms with E-state index in [1.165, 1.54) is 13.2 Å². The summed E-state index contributed by atoms with van der Waals surface area (Å²) in [5, 5.41) is 11.9. The maximum atomic E-state index is 12.1. The van der Waals surface area contributed by atoms with Crippen LogP contribution in [0.25, 0.3) is 6.08 Å². The number of para-hydroxylation sites is 1. The van der Waals surface area contributed by atoms with Crippen molar-refractivity contribution in [2.75, 3.05) is 19.0 Å². The molecule has 0 aliphatic carbocycles. The number of methoxy groups -OCH3 is 1. The summed E-state index contributed by atoms with van der Waals surface area (Å²) in [6.07, 6.45) is 1.47. The number of anilines is 1. The van der Waals surface area contributed by atoms with Gasteiger partial charge in [0.2, 0.25) is 0 Å². The Bertz CT molecular complexity index is 806. The molecule has 25 heavy (non-hydrogen) atoms. The molecule has 2 rings (SSSR count). The lowest BCUT2D eigenvalue weighted by Crippen LogP contribution is -2.13. The predicted octanol–water partition coefficient (Wildman–Crippen LogP) is 2.78. The number of rotatable bonds is 6. The number of carbonyl (C=O) groups excluding carboxylic acids is 2. The molecular weight excluding hydrogens is 320 g/mol. The number of nitriles is 1. The lowest BCUT2D eigenvalue weighted by Gasteiger charge is -2.05. The Hall–Kier alpha value is -3.59. The lowest BCUT2D eigenvalue weighted by molar-refractivity contribution is -0.142. The van der Waals surface area contributed by atoms with Gasteiger partial charge in [0, 0.05) is 5.69 Å². The Balaban J connectivity index is 2.05. The van der Waals surface area contributed by atoms with Crippen LogP contribution in [0.5, 0.6) is 5.75 Å². The highest BCUT2D eigenvalue weighted by Crippen LogP contribution is 2.15. The molecule has 0 aliphatic rings. The van der Waals surface area contributed by atoms with Crippen molar-refractivity contribution in [2.45, 2.75) is 0 Å². The Morgan fingerprint density at radius 2 is 1.80 bits per heavy atom. The number of nitrogens with zero attached hydrogens (tertiary/aromatic N) is 1. The molecule has 0 spiro atoms. The Labute approximate surface area is 145 Å². The quantitative estimate of drug-likeness (QED) is 0.498. The molecule has 0 saturated heterocycles. The fourth-order valence-corrected chi connectivity index (χ4v) is 1.90. The molecule has 1 N–H and O–H groups in total. The average molecular weight is 336 g/mol. The molecule has 1 amide bonds. The molecular formula is C19H16N2O4. The number of ether oxygens (including phenoxy) is 2. The lowest BCUT2D eigenvalue weighted by atomic mass is 10.1. The maximum Gasteiger partial charge on any atom is 0.343 e. The molecule has 0 unspecified atom stereocenters. The van der Waals surface area contributed by atoms with Crippen LogP contribution in [0.1, 0.15) is 5.56 Å². The largest absolute Gasteiger partial charge is 0.482 e. The number of hydrogen-bond donors (Lipinski definition) is 1. The van der Waals surface area contributed by atoms with Crippen LogP contribution in [0.4, 0.5) is 5.69 Å². The highest BCUT2D eigenvalue weighted by Gasteiger charge is 2.09. The summed E-state index contributed by atoms with van der Waals surface area (Å²) >= 11 is 0. The second-order valence-electron chi connectivity index (χ2n) is 4.92. The van der Waals surface area contributed by atoms with Gasteiger partial charge in [0.1, 0.15) is 17.4 Å². The number of amides is 1. The molecule has 6 heteroatoms. The van der Waals surface area contributed by atoms with E-state index < -0.39 is 11.9 Å². The third-order valence-corrected chi connectivity index (χ3v) is 3.17. The van der Waals surface area contributed by atoms with E-state index in [1.54, 1.807) is 48.5 Å². The van der Waals surface area contributed by atoms with Crippen LogP contribution in [0.3, 0.4) is 0 Å². The smallest absolute Gasteiger partial charge is 0.343 e. The van der Waals surface area contributed by atoms with Gasteiger partial charge in [-0.2, -0.15) is 5.26 Å². The van der Waals surface area contributed by atoms with E-state index in [4.69, 9.17) is 4.74 Å². The number of hydrogen-bond acceptors (Lipinski definition) is 5. The normalized spacial score (nSPS) is 10.5. The van der Waals surface area contributed by atoms with Crippen LogP contribution in [-0.4, -0.2) is 25.6 Å². The van der Waals surface area contributed by atoms with Gasteiger partial charge >= 0.3 is 5.97 Å². The first-order valence-electron chi connectivity index (χ1n) is 7.40. The van der Waals surface area contributed by atoms with Crippen molar-refractivity contribution in [3.63, 3.8) is 0 Å². The summed E-state index contributed by atoms with van der Waals surface area (Å²) in [4.78, 5) is 23.2. The molecule has 126 valence electrons. The van der Waals surface area contributed by atoms with Gasteiger partial charge in [-0.15, -0.1) is 0 Å². The molecule has 0 atom stereocenters. The van der Waals surface area contributed by atoms with Crippen molar-refractivity contribution in [3.05, 3.63) is 65.7 Å². The van der Waals surface area contributed by atoms with E-state index in [-0.39, 0.29) is 12.2 Å². The summed E-state index contributed by atoms with van der Waals surface area (Å²) in [6, 6.07) is 17.4. The second kappa shape index (κ2) is 8.89. The van der Waals surface area contributed by atoms with E-state index in [9.17, 15) is 14.9 Å². The Kier molecular flexibility index (Phi) is 6.32. The zero-order chi connectivity index (χ0) is 18.1. The van der Waals surface area contributed by atoms with E-state index >= 15 is 0 Å². The van der Waals surface area contributed by atoms with Crippen molar-refractivity contribution >= 4 is 23.6 Å². The van der Waals surface area contributed by atoms with Crippen LogP contribution in [-0.2, 0) is 14.3 Å². The Morgan fingerprint density at radius 1 is 1.12 bits per heavy atom. The number of benzene rings is 2. The van der Waals surface area contributed by atoms with Crippen LogP contribution in [0, 0.1) is 11.3 Å². The van der Waals surface area contributed by atoms with Crippen molar-refractivity contribution < 1.29 is 19.1 Å². The van der Waals surface area contributed by atoms with Gasteiger partial charge in [-0.3, -0.25) is 4.79 Å². The van der Waals surface area contributed by atoms with E-state index in [1.807, 2.05) is 12.1 Å². The second-order valence-corrected chi connectivity index (χ2v) is 4.92. The summed E-state index contributed by atoms with van der Waals surface area (Å²) in [5.41, 5.74) is 1.25. The molecule has 0 fully saturated rings. The monoisotopic (exact) mass is 336 g/mol. The van der Waals surface area contributed by atoms with Crippen LogP contribution in [0.2, 0.25) is 0 Å². The van der Waals surface area contributed by atoms with Crippen molar-refractivity contribution in [3.8, 4) is 11.8 Å². The highest BCUT2D eigenvalue weighted by atomic mass is 16.6. The highest BCUT2D eigenvalue weighted by molar-refractivity contribution is 6.09. The van der Waals surface area contributed by atoms with Crippen molar-refractivity contribution in [1.82, 2.24) is 0 Å². The van der Waals surface area contributed by atoms with Crippen LogP contribution in [0.15, 0.2) is 60.2 Å². The molecule has 0 radical (unpaired) electrons. The molecule has 0 aliphatic heterocycles. The maximum absolute atomic E-state index is 12.1. The molecule has 0 saturated carbocycles. The van der Waals surface area contributed by atoms with E-state index in [0.29, 0.717) is 17.0 Å². The summed E-state index contributed by atoms with van der Waals surface area (Å²) in [5.74, 6) is -0.483. The number of nitrogens with one attached hydrogen (secondary N) is 1. The van der Waals surface area contributed by atoms with Crippen LogP contribution < -0.4 is 10.1 Å². The van der Waals surface area contributed by atoms with Crippen LogP contribution >= 0.6 is 0 Å². The molecule has 0 heterocycles.